The summed E-state index contributed by atoms with van der Waals surface area (Å²) >= 11 is 0. The second-order valence-corrected chi connectivity index (χ2v) is 4.92. The topological polar surface area (TPSA) is 138 Å². The Balaban J connectivity index is 2.30. The smallest absolute Gasteiger partial charge is 0.299 e. The van der Waals surface area contributed by atoms with Crippen LogP contribution in [-0.2, 0) is 11.2 Å². The number of carbonyl (C=O) groups is 1. The first-order valence-electron chi connectivity index (χ1n) is 6.82. The van der Waals surface area contributed by atoms with Crippen LogP contribution < -0.4 is 10.4 Å². The summed E-state index contributed by atoms with van der Waals surface area (Å²) in [5.41, 5.74) is -0.469. The molecule has 9 nitrogen and oxygen atoms in total. The number of hydrogen-bond acceptors (Lipinski definition) is 7. The van der Waals surface area contributed by atoms with Crippen LogP contribution in [0.3, 0.4) is 0 Å². The number of benzene rings is 2. The molecule has 2 rings (SSSR count). The van der Waals surface area contributed by atoms with Crippen molar-refractivity contribution in [1.82, 2.24) is 0 Å². The van der Waals surface area contributed by atoms with Gasteiger partial charge in [0, 0.05) is 6.07 Å². The van der Waals surface area contributed by atoms with Crippen molar-refractivity contribution in [3.05, 3.63) is 74.3 Å². The van der Waals surface area contributed by atoms with Crippen molar-refractivity contribution in [2.75, 3.05) is 5.32 Å². The van der Waals surface area contributed by atoms with E-state index in [1.165, 1.54) is 0 Å². The number of rotatable bonds is 7. The van der Waals surface area contributed by atoms with Gasteiger partial charge in [0.25, 0.3) is 11.4 Å². The maximum atomic E-state index is 11.3. The lowest BCUT2D eigenvalue weighted by Gasteiger charge is -2.20. The molecule has 0 saturated carbocycles. The Kier molecular flexibility index (Phi) is 5.05. The van der Waals surface area contributed by atoms with Gasteiger partial charge in [-0.25, -0.2) is 0 Å². The fourth-order valence-corrected chi connectivity index (χ4v) is 2.14. The van der Waals surface area contributed by atoms with E-state index in [1.807, 2.05) is 0 Å². The molecule has 1 atom stereocenters. The summed E-state index contributed by atoms with van der Waals surface area (Å²) in [6.45, 7) is 0. The zero-order chi connectivity index (χ0) is 17.7. The molecule has 0 aliphatic rings. The molecule has 0 bridgehead atoms. The summed E-state index contributed by atoms with van der Waals surface area (Å²) in [5, 5.41) is 35.6. The van der Waals surface area contributed by atoms with E-state index in [1.54, 1.807) is 30.3 Å². The molecule has 0 heterocycles. The van der Waals surface area contributed by atoms with Gasteiger partial charge in [0.2, 0.25) is 0 Å². The quantitative estimate of drug-likeness (QED) is 0.595. The Morgan fingerprint density at radius 1 is 1.04 bits per heavy atom. The highest BCUT2D eigenvalue weighted by Gasteiger charge is 2.22. The summed E-state index contributed by atoms with van der Waals surface area (Å²) in [6.07, 6.45) is 0.0390. The number of nitrogens with zero attached hydrogens (tertiary/aromatic N) is 2. The molecule has 9 heteroatoms. The van der Waals surface area contributed by atoms with Gasteiger partial charge in [0.05, 0.1) is 27.9 Å². The van der Waals surface area contributed by atoms with Gasteiger partial charge < -0.3 is 15.2 Å². The monoisotopic (exact) mass is 330 g/mol. The lowest BCUT2D eigenvalue weighted by Crippen LogP contribution is -2.42. The zero-order valence-corrected chi connectivity index (χ0v) is 12.2. The molecule has 2 aromatic rings. The number of nitrogens with one attached hydrogen (secondary N) is 1. The zero-order valence-electron chi connectivity index (χ0n) is 12.2. The van der Waals surface area contributed by atoms with Gasteiger partial charge in [-0.15, -0.1) is 0 Å². The molecule has 124 valence electrons. The minimum atomic E-state index is -1.44. The summed E-state index contributed by atoms with van der Waals surface area (Å²) in [7, 11) is 0. The molecule has 0 fully saturated rings. The van der Waals surface area contributed by atoms with E-state index in [9.17, 15) is 30.1 Å². The molecule has 0 aliphatic carbocycles. The summed E-state index contributed by atoms with van der Waals surface area (Å²) in [4.78, 5) is 31.5. The number of anilines is 1. The van der Waals surface area contributed by atoms with E-state index < -0.39 is 33.2 Å². The summed E-state index contributed by atoms with van der Waals surface area (Å²) in [6, 6.07) is 10.4. The average Bonchev–Trinajstić information content (AvgIpc) is 2.55. The third-order valence-corrected chi connectivity index (χ3v) is 3.29. The molecule has 0 spiro atoms. The van der Waals surface area contributed by atoms with E-state index in [0.29, 0.717) is 5.56 Å². The Labute approximate surface area is 135 Å². The Hall–Kier alpha value is -3.49. The standard InChI is InChI=1S/C15H13N3O6/c19-15(20)13(8-10-4-2-1-3-5-10)16-12-7-6-11(17(21)22)9-14(12)18(23)24/h1-7,9,13,16H,8H2,(H,19,20)/p-1/t13-/m0/s1. The number of non-ortho nitro benzene ring substituents is 1. The molecule has 0 saturated heterocycles. The van der Waals surface area contributed by atoms with Crippen LogP contribution in [0.25, 0.3) is 0 Å². The third-order valence-electron chi connectivity index (χ3n) is 3.29. The fraction of sp³-hybridized carbons (Fsp3) is 0.133. The second-order valence-electron chi connectivity index (χ2n) is 4.92. The SMILES string of the molecule is O=C([O-])[C@H](Cc1ccccc1)Nc1ccc([N+](=O)[O-])cc1[N+](=O)[O-]. The van der Waals surface area contributed by atoms with Gasteiger partial charge in [-0.3, -0.25) is 20.2 Å². The maximum Gasteiger partial charge on any atom is 0.299 e. The van der Waals surface area contributed by atoms with Gasteiger partial charge >= 0.3 is 0 Å². The fourth-order valence-electron chi connectivity index (χ4n) is 2.14. The van der Waals surface area contributed by atoms with Gasteiger partial charge in [-0.1, -0.05) is 30.3 Å². The van der Waals surface area contributed by atoms with Crippen LogP contribution in [0.4, 0.5) is 17.1 Å². The number of carboxylic acids is 1. The summed E-state index contributed by atoms with van der Waals surface area (Å²) < 4.78 is 0. The third kappa shape index (κ3) is 4.03. The van der Waals surface area contributed by atoms with Gasteiger partial charge in [-0.05, 0) is 18.1 Å². The highest BCUT2D eigenvalue weighted by Crippen LogP contribution is 2.29. The van der Waals surface area contributed by atoms with Crippen molar-refractivity contribution < 1.29 is 19.7 Å². The van der Waals surface area contributed by atoms with Gasteiger partial charge in [-0.2, -0.15) is 0 Å². The van der Waals surface area contributed by atoms with E-state index in [-0.39, 0.29) is 12.1 Å². The van der Waals surface area contributed by atoms with Crippen LogP contribution in [0, 0.1) is 20.2 Å². The van der Waals surface area contributed by atoms with Crippen molar-refractivity contribution >= 4 is 23.0 Å². The van der Waals surface area contributed by atoms with Crippen LogP contribution in [0.1, 0.15) is 5.56 Å². The maximum absolute atomic E-state index is 11.3. The second kappa shape index (κ2) is 7.18. The number of hydrogen-bond donors (Lipinski definition) is 1. The molecule has 0 aliphatic heterocycles. The Morgan fingerprint density at radius 2 is 1.71 bits per heavy atom. The number of carboxylic acid groups (broad SMARTS) is 1. The Morgan fingerprint density at radius 3 is 2.25 bits per heavy atom. The largest absolute Gasteiger partial charge is 0.548 e. The number of nitro groups is 2. The molecule has 0 radical (unpaired) electrons. The predicted molar refractivity (Wildman–Crippen MR) is 82.3 cm³/mol. The van der Waals surface area contributed by atoms with Crippen molar-refractivity contribution in [1.29, 1.82) is 0 Å². The number of carbonyl (C=O) groups excluding carboxylic acids is 1. The Bertz CT molecular complexity index is 778. The highest BCUT2D eigenvalue weighted by atomic mass is 16.6. The molecule has 1 N–H and O–H groups in total. The number of nitro benzene ring substituents is 2. The van der Waals surface area contributed by atoms with Crippen LogP contribution in [-0.4, -0.2) is 21.9 Å². The molecule has 2 aromatic carbocycles. The first-order valence-corrected chi connectivity index (χ1v) is 6.82. The van der Waals surface area contributed by atoms with Crippen molar-refractivity contribution in [2.24, 2.45) is 0 Å². The van der Waals surface area contributed by atoms with Crippen LogP contribution in [0.2, 0.25) is 0 Å². The lowest BCUT2D eigenvalue weighted by atomic mass is 10.1. The molecular formula is C15H12N3O6-. The van der Waals surface area contributed by atoms with Crippen LogP contribution in [0.15, 0.2) is 48.5 Å². The first kappa shape index (κ1) is 16.9. The van der Waals surface area contributed by atoms with Gasteiger partial charge in [0.1, 0.15) is 5.69 Å². The van der Waals surface area contributed by atoms with Crippen molar-refractivity contribution in [3.8, 4) is 0 Å². The number of aliphatic carboxylic acids is 1. The first-order chi connectivity index (χ1) is 11.4. The predicted octanol–water partition coefficient (Wildman–Crippen LogP) is 1.28. The van der Waals surface area contributed by atoms with Crippen molar-refractivity contribution in [2.45, 2.75) is 12.5 Å². The van der Waals surface area contributed by atoms with E-state index in [2.05, 4.69) is 5.32 Å². The molecular weight excluding hydrogens is 318 g/mol. The van der Waals surface area contributed by atoms with Gasteiger partial charge in [0.15, 0.2) is 0 Å². The van der Waals surface area contributed by atoms with E-state index >= 15 is 0 Å². The van der Waals surface area contributed by atoms with Crippen LogP contribution in [0.5, 0.6) is 0 Å². The minimum Gasteiger partial charge on any atom is -0.548 e. The molecule has 0 unspecified atom stereocenters. The average molecular weight is 330 g/mol. The minimum absolute atomic E-state index is 0.0390. The lowest BCUT2D eigenvalue weighted by molar-refractivity contribution is -0.393. The molecule has 24 heavy (non-hydrogen) atoms. The normalized spacial score (nSPS) is 11.5. The van der Waals surface area contributed by atoms with E-state index in [0.717, 1.165) is 18.2 Å². The van der Waals surface area contributed by atoms with Crippen LogP contribution >= 0.6 is 0 Å². The summed E-state index contributed by atoms with van der Waals surface area (Å²) in [5.74, 6) is -1.44. The molecule has 0 amide bonds. The highest BCUT2D eigenvalue weighted by molar-refractivity contribution is 5.78. The van der Waals surface area contributed by atoms with E-state index in [4.69, 9.17) is 0 Å². The molecule has 0 aromatic heterocycles. The van der Waals surface area contributed by atoms with Crippen molar-refractivity contribution in [3.63, 3.8) is 0 Å².